The summed E-state index contributed by atoms with van der Waals surface area (Å²) in [5.74, 6) is -2.21. The summed E-state index contributed by atoms with van der Waals surface area (Å²) in [6, 6.07) is 3.80. The number of esters is 1. The minimum Gasteiger partial charge on any atom is -0.465 e. The molecule has 0 heterocycles. The first-order valence-corrected chi connectivity index (χ1v) is 6.50. The molecule has 0 spiro atoms. The summed E-state index contributed by atoms with van der Waals surface area (Å²) in [5.41, 5.74) is -0.380. The molecule has 0 aromatic heterocycles. The Bertz CT molecular complexity index is 535. The van der Waals surface area contributed by atoms with E-state index in [1.807, 2.05) is 0 Å². The number of hydrogen-bond acceptors (Lipinski definition) is 3. The van der Waals surface area contributed by atoms with Crippen molar-refractivity contribution < 1.29 is 27.5 Å². The molecular formula is C15H17F3O3. The number of ketones is 1. The molecule has 0 aliphatic carbocycles. The SMILES string of the molecule is CCOC(=O)C(Cc1ccc(C)c(C(F)(F)F)c1)C(C)=O. The van der Waals surface area contributed by atoms with Crippen molar-refractivity contribution in [1.82, 2.24) is 0 Å². The Kier molecular flexibility index (Phi) is 5.52. The highest BCUT2D eigenvalue weighted by Crippen LogP contribution is 2.32. The largest absolute Gasteiger partial charge is 0.465 e. The van der Waals surface area contributed by atoms with Crippen LogP contribution in [-0.4, -0.2) is 18.4 Å². The van der Waals surface area contributed by atoms with E-state index in [1.165, 1.54) is 26.0 Å². The van der Waals surface area contributed by atoms with Gasteiger partial charge in [-0.3, -0.25) is 9.59 Å². The van der Waals surface area contributed by atoms with Gasteiger partial charge in [-0.2, -0.15) is 13.2 Å². The van der Waals surface area contributed by atoms with Crippen LogP contribution in [0.2, 0.25) is 0 Å². The molecule has 6 heteroatoms. The zero-order chi connectivity index (χ0) is 16.2. The first-order valence-electron chi connectivity index (χ1n) is 6.50. The summed E-state index contributed by atoms with van der Waals surface area (Å²) in [6.45, 7) is 4.30. The van der Waals surface area contributed by atoms with Gasteiger partial charge in [-0.15, -0.1) is 0 Å². The number of carbonyl (C=O) groups is 2. The lowest BCUT2D eigenvalue weighted by molar-refractivity contribution is -0.151. The number of alkyl halides is 3. The molecule has 0 saturated carbocycles. The second kappa shape index (κ2) is 6.74. The van der Waals surface area contributed by atoms with Gasteiger partial charge in [0.2, 0.25) is 0 Å². The van der Waals surface area contributed by atoms with E-state index < -0.39 is 29.4 Å². The number of rotatable bonds is 5. The number of ether oxygens (including phenoxy) is 1. The minimum atomic E-state index is -4.46. The Morgan fingerprint density at radius 1 is 1.29 bits per heavy atom. The third-order valence-corrected chi connectivity index (χ3v) is 3.11. The van der Waals surface area contributed by atoms with Crippen molar-refractivity contribution in [2.45, 2.75) is 33.4 Å². The van der Waals surface area contributed by atoms with Gasteiger partial charge >= 0.3 is 12.1 Å². The van der Waals surface area contributed by atoms with Gasteiger partial charge in [-0.05, 0) is 44.4 Å². The van der Waals surface area contributed by atoms with Crippen LogP contribution < -0.4 is 0 Å². The van der Waals surface area contributed by atoms with E-state index in [-0.39, 0.29) is 24.2 Å². The fourth-order valence-corrected chi connectivity index (χ4v) is 1.97. The lowest BCUT2D eigenvalue weighted by Crippen LogP contribution is -2.26. The zero-order valence-corrected chi connectivity index (χ0v) is 12.1. The van der Waals surface area contributed by atoms with Crippen molar-refractivity contribution >= 4 is 11.8 Å². The molecule has 116 valence electrons. The van der Waals surface area contributed by atoms with E-state index in [4.69, 9.17) is 4.74 Å². The van der Waals surface area contributed by atoms with Crippen LogP contribution in [0.1, 0.15) is 30.5 Å². The average molecular weight is 302 g/mol. The number of carbonyl (C=O) groups excluding carboxylic acids is 2. The molecule has 1 rings (SSSR count). The highest BCUT2D eigenvalue weighted by atomic mass is 19.4. The molecule has 0 N–H and O–H groups in total. The number of Topliss-reactive ketones (excluding diaryl/α,β-unsaturated/α-hetero) is 1. The Morgan fingerprint density at radius 2 is 1.90 bits per heavy atom. The number of benzene rings is 1. The quantitative estimate of drug-likeness (QED) is 0.619. The van der Waals surface area contributed by atoms with E-state index in [1.54, 1.807) is 6.92 Å². The summed E-state index contributed by atoms with van der Waals surface area (Å²) < 4.78 is 43.3. The van der Waals surface area contributed by atoms with Gasteiger partial charge in [0, 0.05) is 0 Å². The fraction of sp³-hybridized carbons (Fsp3) is 0.467. The lowest BCUT2D eigenvalue weighted by Gasteiger charge is -2.15. The first-order chi connectivity index (χ1) is 9.66. The monoisotopic (exact) mass is 302 g/mol. The summed E-state index contributed by atoms with van der Waals surface area (Å²) in [4.78, 5) is 23.2. The van der Waals surface area contributed by atoms with Gasteiger partial charge in [-0.1, -0.05) is 12.1 Å². The second-order valence-electron chi connectivity index (χ2n) is 4.77. The molecule has 1 unspecified atom stereocenters. The Morgan fingerprint density at radius 3 is 2.38 bits per heavy atom. The van der Waals surface area contributed by atoms with E-state index >= 15 is 0 Å². The molecule has 0 bridgehead atoms. The molecule has 1 atom stereocenters. The predicted molar refractivity (Wildman–Crippen MR) is 70.7 cm³/mol. The van der Waals surface area contributed by atoms with E-state index in [2.05, 4.69) is 0 Å². The van der Waals surface area contributed by atoms with Gasteiger partial charge in [-0.25, -0.2) is 0 Å². The molecule has 0 radical (unpaired) electrons. The van der Waals surface area contributed by atoms with Crippen LogP contribution in [0, 0.1) is 12.8 Å². The Hall–Kier alpha value is -1.85. The average Bonchev–Trinajstić information content (AvgIpc) is 2.36. The van der Waals surface area contributed by atoms with Gasteiger partial charge in [0.1, 0.15) is 11.7 Å². The summed E-state index contributed by atoms with van der Waals surface area (Å²) >= 11 is 0. The van der Waals surface area contributed by atoms with E-state index in [0.717, 1.165) is 6.07 Å². The zero-order valence-electron chi connectivity index (χ0n) is 12.1. The van der Waals surface area contributed by atoms with Gasteiger partial charge in [0.05, 0.1) is 12.2 Å². The predicted octanol–water partition coefficient (Wildman–Crippen LogP) is 3.32. The lowest BCUT2D eigenvalue weighted by atomic mass is 9.93. The van der Waals surface area contributed by atoms with Gasteiger partial charge in [0.15, 0.2) is 0 Å². The van der Waals surface area contributed by atoms with Crippen LogP contribution in [-0.2, 0) is 26.9 Å². The van der Waals surface area contributed by atoms with Crippen molar-refractivity contribution in [3.8, 4) is 0 Å². The maximum Gasteiger partial charge on any atom is 0.416 e. The molecule has 0 saturated heterocycles. The van der Waals surface area contributed by atoms with Crippen LogP contribution >= 0.6 is 0 Å². The molecule has 1 aromatic carbocycles. The highest BCUT2D eigenvalue weighted by Gasteiger charge is 2.33. The second-order valence-corrected chi connectivity index (χ2v) is 4.77. The maximum atomic E-state index is 12.8. The van der Waals surface area contributed by atoms with Crippen LogP contribution in [0.5, 0.6) is 0 Å². The molecule has 0 aliphatic heterocycles. The third-order valence-electron chi connectivity index (χ3n) is 3.11. The molecule has 1 aromatic rings. The first kappa shape index (κ1) is 17.2. The summed E-state index contributed by atoms with van der Waals surface area (Å²) in [5, 5.41) is 0. The maximum absolute atomic E-state index is 12.8. The van der Waals surface area contributed by atoms with Crippen LogP contribution in [0.25, 0.3) is 0 Å². The van der Waals surface area contributed by atoms with Crippen LogP contribution in [0.15, 0.2) is 18.2 Å². The standard InChI is InChI=1S/C15H17F3O3/c1-4-21-14(20)12(10(3)19)7-11-6-5-9(2)13(8-11)15(16,17)18/h5-6,8,12H,4,7H2,1-3H3. The molecule has 0 amide bonds. The summed E-state index contributed by atoms with van der Waals surface area (Å²) in [6.07, 6.45) is -4.56. The van der Waals surface area contributed by atoms with Crippen LogP contribution in [0.3, 0.4) is 0 Å². The molecule has 3 nitrogen and oxygen atoms in total. The highest BCUT2D eigenvalue weighted by molar-refractivity contribution is 5.98. The number of halogens is 3. The van der Waals surface area contributed by atoms with Crippen molar-refractivity contribution in [3.05, 3.63) is 34.9 Å². The van der Waals surface area contributed by atoms with Gasteiger partial charge < -0.3 is 4.74 Å². The van der Waals surface area contributed by atoms with Crippen molar-refractivity contribution in [2.24, 2.45) is 5.92 Å². The Balaban J connectivity index is 3.05. The molecule has 0 fully saturated rings. The van der Waals surface area contributed by atoms with Crippen molar-refractivity contribution in [1.29, 1.82) is 0 Å². The molecule has 21 heavy (non-hydrogen) atoms. The van der Waals surface area contributed by atoms with Gasteiger partial charge in [0.25, 0.3) is 0 Å². The van der Waals surface area contributed by atoms with Crippen LogP contribution in [0.4, 0.5) is 13.2 Å². The fourth-order valence-electron chi connectivity index (χ4n) is 1.97. The summed E-state index contributed by atoms with van der Waals surface area (Å²) in [7, 11) is 0. The normalized spacial score (nSPS) is 12.9. The number of aryl methyl sites for hydroxylation is 1. The topological polar surface area (TPSA) is 43.4 Å². The minimum absolute atomic E-state index is 0.0989. The Labute approximate surface area is 121 Å². The van der Waals surface area contributed by atoms with Crippen molar-refractivity contribution in [3.63, 3.8) is 0 Å². The number of hydrogen-bond donors (Lipinski definition) is 0. The smallest absolute Gasteiger partial charge is 0.416 e. The molecule has 0 aliphatic rings. The third kappa shape index (κ3) is 4.58. The van der Waals surface area contributed by atoms with E-state index in [9.17, 15) is 22.8 Å². The van der Waals surface area contributed by atoms with E-state index in [0.29, 0.717) is 0 Å². The van der Waals surface area contributed by atoms with Crippen molar-refractivity contribution in [2.75, 3.05) is 6.61 Å². The molecular weight excluding hydrogens is 285 g/mol.